The van der Waals surface area contributed by atoms with Gasteiger partial charge in [0.2, 0.25) is 10.0 Å². The molecule has 1 aliphatic rings. The Morgan fingerprint density at radius 3 is 2.61 bits per heavy atom. The molecular formula is C20H22ClN3O3S. The third kappa shape index (κ3) is 4.06. The van der Waals surface area contributed by atoms with E-state index in [1.54, 1.807) is 37.5 Å². The monoisotopic (exact) mass is 419 g/mol. The van der Waals surface area contributed by atoms with Gasteiger partial charge in [0.1, 0.15) is 12.0 Å². The number of hydrogen-bond donors (Lipinski definition) is 2. The van der Waals surface area contributed by atoms with Crippen molar-refractivity contribution in [3.63, 3.8) is 0 Å². The van der Waals surface area contributed by atoms with Gasteiger partial charge in [-0.25, -0.2) is 18.1 Å². The average molecular weight is 420 g/mol. The van der Waals surface area contributed by atoms with E-state index < -0.39 is 10.0 Å². The number of nitrogens with two attached hydrogens (primary N) is 1. The highest BCUT2D eigenvalue weighted by Gasteiger charge is 2.26. The van der Waals surface area contributed by atoms with Crippen LogP contribution < -0.4 is 10.5 Å². The summed E-state index contributed by atoms with van der Waals surface area (Å²) >= 11 is 0. The average Bonchev–Trinajstić information content (AvgIpc) is 3.08. The van der Waals surface area contributed by atoms with E-state index in [0.29, 0.717) is 17.3 Å². The Morgan fingerprint density at radius 1 is 1.18 bits per heavy atom. The van der Waals surface area contributed by atoms with Crippen molar-refractivity contribution in [1.82, 2.24) is 9.71 Å². The molecule has 4 rings (SSSR count). The molecule has 2 aromatic carbocycles. The molecule has 1 atom stereocenters. The van der Waals surface area contributed by atoms with E-state index in [2.05, 4.69) is 9.71 Å². The van der Waals surface area contributed by atoms with Crippen LogP contribution in [-0.2, 0) is 16.4 Å². The van der Waals surface area contributed by atoms with Crippen molar-refractivity contribution < 1.29 is 12.8 Å². The summed E-state index contributed by atoms with van der Waals surface area (Å²) in [7, 11) is -3.63. The van der Waals surface area contributed by atoms with E-state index >= 15 is 0 Å². The normalized spacial score (nSPS) is 16.2. The maximum absolute atomic E-state index is 12.9. The van der Waals surface area contributed by atoms with Crippen LogP contribution in [0.25, 0.3) is 11.3 Å². The summed E-state index contributed by atoms with van der Waals surface area (Å²) in [4.78, 5) is 4.49. The zero-order chi connectivity index (χ0) is 19.0. The third-order valence-corrected chi connectivity index (χ3v) is 6.35. The molecule has 0 saturated heterocycles. The summed E-state index contributed by atoms with van der Waals surface area (Å²) in [6, 6.07) is 12.1. The minimum Gasteiger partial charge on any atom is -0.449 e. The molecule has 1 aliphatic carbocycles. The van der Waals surface area contributed by atoms with Gasteiger partial charge in [-0.05, 0) is 54.7 Å². The van der Waals surface area contributed by atoms with Crippen LogP contribution in [0.15, 0.2) is 58.0 Å². The van der Waals surface area contributed by atoms with Crippen LogP contribution in [0, 0.1) is 6.92 Å². The second-order valence-corrected chi connectivity index (χ2v) is 8.51. The predicted molar refractivity (Wildman–Crippen MR) is 111 cm³/mol. The fourth-order valence-corrected chi connectivity index (χ4v) is 4.76. The van der Waals surface area contributed by atoms with E-state index in [1.807, 2.05) is 18.2 Å². The molecule has 6 nitrogen and oxygen atoms in total. The molecule has 0 radical (unpaired) electrons. The van der Waals surface area contributed by atoms with Crippen molar-refractivity contribution in [2.24, 2.45) is 0 Å². The number of nitrogens with zero attached hydrogens (tertiary/aromatic N) is 1. The van der Waals surface area contributed by atoms with Crippen molar-refractivity contribution in [3.05, 3.63) is 65.7 Å². The molecule has 0 fully saturated rings. The number of anilines is 1. The standard InChI is InChI=1S/C20H21N3O3S.ClH/c1-13-22-20(12-26-13)14-5-8-17(9-6-14)27(24,25)23-19-4-2-3-15-11-16(21)7-10-18(15)19;/h5-12,19,23H,2-4,21H2,1H3;1H. The number of benzene rings is 2. The lowest BCUT2D eigenvalue weighted by molar-refractivity contribution is 0.507. The minimum absolute atomic E-state index is 0. The van der Waals surface area contributed by atoms with E-state index in [9.17, 15) is 8.42 Å². The highest BCUT2D eigenvalue weighted by Crippen LogP contribution is 2.32. The van der Waals surface area contributed by atoms with E-state index in [1.165, 1.54) is 0 Å². The molecule has 3 N–H and O–H groups in total. The number of nitrogen functional groups attached to an aromatic ring is 1. The smallest absolute Gasteiger partial charge is 0.241 e. The van der Waals surface area contributed by atoms with Gasteiger partial charge in [-0.2, -0.15) is 0 Å². The first-order chi connectivity index (χ1) is 12.9. The number of hydrogen-bond acceptors (Lipinski definition) is 5. The lowest BCUT2D eigenvalue weighted by Crippen LogP contribution is -2.31. The van der Waals surface area contributed by atoms with Crippen molar-refractivity contribution in [1.29, 1.82) is 0 Å². The highest BCUT2D eigenvalue weighted by atomic mass is 35.5. The summed E-state index contributed by atoms with van der Waals surface area (Å²) in [6.45, 7) is 1.77. The van der Waals surface area contributed by atoms with Crippen molar-refractivity contribution >= 4 is 28.1 Å². The first-order valence-electron chi connectivity index (χ1n) is 8.85. The van der Waals surface area contributed by atoms with Gasteiger partial charge in [0.25, 0.3) is 0 Å². The van der Waals surface area contributed by atoms with E-state index in [-0.39, 0.29) is 23.3 Å². The number of aryl methyl sites for hydroxylation is 2. The fraction of sp³-hybridized carbons (Fsp3) is 0.250. The Bertz CT molecular complexity index is 1080. The Kier molecular flexibility index (Phi) is 5.79. The third-order valence-electron chi connectivity index (χ3n) is 4.86. The van der Waals surface area contributed by atoms with Gasteiger partial charge in [0.05, 0.1) is 4.90 Å². The van der Waals surface area contributed by atoms with Gasteiger partial charge >= 0.3 is 0 Å². The number of sulfonamides is 1. The molecule has 0 amide bonds. The van der Waals surface area contributed by atoms with Gasteiger partial charge in [-0.1, -0.05) is 18.2 Å². The second kappa shape index (κ2) is 7.95. The maximum Gasteiger partial charge on any atom is 0.241 e. The molecule has 1 heterocycles. The highest BCUT2D eigenvalue weighted by molar-refractivity contribution is 7.89. The number of fused-ring (bicyclic) bond motifs is 1. The second-order valence-electron chi connectivity index (χ2n) is 6.80. The summed E-state index contributed by atoms with van der Waals surface area (Å²) in [5.74, 6) is 0.569. The van der Waals surface area contributed by atoms with Crippen LogP contribution in [0.2, 0.25) is 0 Å². The summed E-state index contributed by atoms with van der Waals surface area (Å²) in [5, 5.41) is 0. The van der Waals surface area contributed by atoms with Gasteiger partial charge < -0.3 is 10.2 Å². The number of nitrogens with one attached hydrogen (secondary N) is 1. The van der Waals surface area contributed by atoms with Crippen molar-refractivity contribution in [2.45, 2.75) is 37.1 Å². The summed E-state index contributed by atoms with van der Waals surface area (Å²) < 4.78 is 33.8. The van der Waals surface area contributed by atoms with Gasteiger partial charge in [0, 0.05) is 24.2 Å². The molecule has 0 saturated carbocycles. The molecule has 28 heavy (non-hydrogen) atoms. The van der Waals surface area contributed by atoms with Gasteiger partial charge in [-0.3, -0.25) is 0 Å². The van der Waals surface area contributed by atoms with E-state index in [4.69, 9.17) is 10.2 Å². The molecule has 0 spiro atoms. The van der Waals surface area contributed by atoms with Crippen molar-refractivity contribution in [2.75, 3.05) is 5.73 Å². The number of rotatable bonds is 4. The lowest BCUT2D eigenvalue weighted by Gasteiger charge is -2.26. The molecule has 0 aliphatic heterocycles. The first kappa shape index (κ1) is 20.4. The zero-order valence-electron chi connectivity index (χ0n) is 15.4. The Morgan fingerprint density at radius 2 is 1.93 bits per heavy atom. The topological polar surface area (TPSA) is 98.2 Å². The Hall–Kier alpha value is -2.35. The summed E-state index contributed by atoms with van der Waals surface area (Å²) in [5.41, 5.74) is 10.2. The molecular weight excluding hydrogens is 398 g/mol. The number of halogens is 1. The number of oxazole rings is 1. The van der Waals surface area contributed by atoms with Crippen LogP contribution in [0.5, 0.6) is 0 Å². The van der Waals surface area contributed by atoms with Crippen LogP contribution in [0.4, 0.5) is 5.69 Å². The van der Waals surface area contributed by atoms with Gasteiger partial charge in [-0.15, -0.1) is 12.4 Å². The number of aromatic nitrogens is 1. The van der Waals surface area contributed by atoms with Crippen molar-refractivity contribution in [3.8, 4) is 11.3 Å². The largest absolute Gasteiger partial charge is 0.449 e. The molecule has 1 unspecified atom stereocenters. The molecule has 8 heteroatoms. The zero-order valence-corrected chi connectivity index (χ0v) is 17.0. The van der Waals surface area contributed by atoms with Crippen LogP contribution in [0.3, 0.4) is 0 Å². The van der Waals surface area contributed by atoms with Crippen LogP contribution >= 0.6 is 12.4 Å². The van der Waals surface area contributed by atoms with E-state index in [0.717, 1.165) is 36.0 Å². The van der Waals surface area contributed by atoms with Crippen LogP contribution in [0.1, 0.15) is 35.9 Å². The molecule has 3 aromatic rings. The molecule has 148 valence electrons. The maximum atomic E-state index is 12.9. The fourth-order valence-electron chi connectivity index (χ4n) is 3.51. The summed E-state index contributed by atoms with van der Waals surface area (Å²) in [6.07, 6.45) is 4.17. The SMILES string of the molecule is Cc1nc(-c2ccc(S(=O)(=O)NC3CCCc4cc(N)ccc43)cc2)co1.Cl. The molecule has 1 aromatic heterocycles. The van der Waals surface area contributed by atoms with Crippen LogP contribution in [-0.4, -0.2) is 13.4 Å². The Labute approximate surface area is 170 Å². The molecule has 0 bridgehead atoms. The van der Waals surface area contributed by atoms with Gasteiger partial charge in [0.15, 0.2) is 5.89 Å². The first-order valence-corrected chi connectivity index (χ1v) is 10.3. The Balaban J connectivity index is 0.00000225. The quantitative estimate of drug-likeness (QED) is 0.622. The minimum atomic E-state index is -3.63. The lowest BCUT2D eigenvalue weighted by atomic mass is 9.88. The predicted octanol–water partition coefficient (Wildman–Crippen LogP) is 4.01.